The topological polar surface area (TPSA) is 293 Å². The summed E-state index contributed by atoms with van der Waals surface area (Å²) in [7, 11) is 0. The highest BCUT2D eigenvalue weighted by Crippen LogP contribution is 2.28. The summed E-state index contributed by atoms with van der Waals surface area (Å²) < 4.78 is 8.68. The Morgan fingerprint density at radius 3 is 2.08 bits per heavy atom. The maximum absolute atomic E-state index is 11.2. The molecule has 2 aromatic carbocycles. The lowest BCUT2D eigenvalue weighted by Crippen LogP contribution is -2.07. The van der Waals surface area contributed by atoms with Gasteiger partial charge >= 0.3 is 0 Å². The number of halogens is 1. The predicted molar refractivity (Wildman–Crippen MR) is 191 cm³/mol. The number of nitrogens with one attached hydrogen (secondary N) is 1. The van der Waals surface area contributed by atoms with Crippen molar-refractivity contribution in [1.82, 2.24) is 60.1 Å². The van der Waals surface area contributed by atoms with Gasteiger partial charge in [-0.2, -0.15) is 15.1 Å². The lowest BCUT2D eigenvalue weighted by molar-refractivity contribution is -0.385. The Morgan fingerprint density at radius 1 is 0.792 bits per heavy atom. The van der Waals surface area contributed by atoms with Crippen LogP contribution in [0.5, 0.6) is 0 Å². The molecule has 5 N–H and O–H groups in total. The van der Waals surface area contributed by atoms with Gasteiger partial charge in [0.15, 0.2) is 28.1 Å². The summed E-state index contributed by atoms with van der Waals surface area (Å²) in [5.41, 5.74) is 17.1. The molecule has 268 valence electrons. The lowest BCUT2D eigenvalue weighted by Gasteiger charge is -2.07. The molecule has 22 heteroatoms. The van der Waals surface area contributed by atoms with Crippen molar-refractivity contribution >= 4 is 58.0 Å². The third-order valence-electron chi connectivity index (χ3n) is 7.88. The summed E-state index contributed by atoms with van der Waals surface area (Å²) in [5.74, 6) is 1.38. The summed E-state index contributed by atoms with van der Waals surface area (Å²) in [4.78, 5) is 38.1. The predicted octanol–water partition coefficient (Wildman–Crippen LogP) is 4.21. The van der Waals surface area contributed by atoms with Gasteiger partial charge < -0.3 is 15.9 Å². The largest absolute Gasteiger partial charge is 0.460 e. The van der Waals surface area contributed by atoms with Crippen LogP contribution < -0.4 is 11.5 Å². The van der Waals surface area contributed by atoms with Crippen LogP contribution in [-0.2, 0) is 13.1 Å². The molecule has 21 nitrogen and oxygen atoms in total. The number of nitrogen functional groups attached to an aromatic ring is 2. The van der Waals surface area contributed by atoms with Crippen LogP contribution in [0.2, 0.25) is 0 Å². The molecule has 0 saturated carbocycles. The van der Waals surface area contributed by atoms with E-state index in [9.17, 15) is 20.2 Å². The Morgan fingerprint density at radius 2 is 1.45 bits per heavy atom. The molecule has 0 spiro atoms. The molecule has 0 atom stereocenters. The fourth-order valence-corrected chi connectivity index (χ4v) is 5.41. The summed E-state index contributed by atoms with van der Waals surface area (Å²) >= 11 is 0. The number of nitro benzene ring substituents is 2. The van der Waals surface area contributed by atoms with Crippen LogP contribution >= 0.6 is 12.4 Å². The first-order valence-corrected chi connectivity index (χ1v) is 15.3. The van der Waals surface area contributed by atoms with Crippen molar-refractivity contribution in [3.63, 3.8) is 0 Å². The normalized spacial score (nSPS) is 10.9. The van der Waals surface area contributed by atoms with Crippen molar-refractivity contribution in [2.75, 3.05) is 11.5 Å². The van der Waals surface area contributed by atoms with Gasteiger partial charge in [0.2, 0.25) is 11.9 Å². The van der Waals surface area contributed by atoms with Crippen molar-refractivity contribution in [3.05, 3.63) is 110 Å². The van der Waals surface area contributed by atoms with E-state index in [2.05, 4.69) is 50.8 Å². The van der Waals surface area contributed by atoms with E-state index < -0.39 is 9.85 Å². The van der Waals surface area contributed by atoms with E-state index in [1.54, 1.807) is 54.2 Å². The molecule has 8 rings (SSSR count). The van der Waals surface area contributed by atoms with E-state index in [-0.39, 0.29) is 48.8 Å². The second kappa shape index (κ2) is 14.4. The number of aromatic amines is 1. The monoisotopic (exact) mass is 738 g/mol. The first-order chi connectivity index (χ1) is 25.0. The number of aryl methyl sites for hydroxylation is 1. The van der Waals surface area contributed by atoms with Crippen LogP contribution in [-0.4, -0.2) is 70.0 Å². The average molecular weight is 739 g/mol. The van der Waals surface area contributed by atoms with Gasteiger partial charge in [-0.15, -0.1) is 22.6 Å². The molecular weight excluding hydrogens is 712 g/mol. The van der Waals surface area contributed by atoms with E-state index in [0.29, 0.717) is 56.3 Å². The molecule has 0 amide bonds. The van der Waals surface area contributed by atoms with Crippen LogP contribution in [0.4, 0.5) is 23.3 Å². The minimum Gasteiger partial charge on any atom is -0.460 e. The fourth-order valence-electron chi connectivity index (χ4n) is 5.41. The number of nitro groups is 2. The number of furan rings is 1. The van der Waals surface area contributed by atoms with Crippen LogP contribution in [0.1, 0.15) is 22.5 Å². The van der Waals surface area contributed by atoms with Gasteiger partial charge in [-0.3, -0.25) is 25.3 Å². The highest BCUT2D eigenvalue weighted by atomic mass is 35.5. The number of hydrogen-bond donors (Lipinski definition) is 3. The standard InChI is InChI=1S/C17H15N7O3.C14H11N9O2.ClH/c1-9-6-7-13(27-9)14-15-16(20-17(18)19-14)23(22-21-15)8-11-4-3-5-12(10(11)2)24(25)26;15-14-17-11(10-4-5-16-19-10)12-13(18-14)22(21-20-12)7-8-2-1-3-9(6-8)23(24)25;/h3-7H,8H2,1-2H3,(H2,18,19,20);1-6H,7H2,(H,16,19)(H2,15,17,18);1H. The molecule has 0 fully saturated rings. The summed E-state index contributed by atoms with van der Waals surface area (Å²) in [6.45, 7) is 4.05. The minimum atomic E-state index is -0.445. The Balaban J connectivity index is 0.000000178. The molecule has 0 bridgehead atoms. The average Bonchev–Trinajstić information content (AvgIpc) is 3.95. The second-order valence-electron chi connectivity index (χ2n) is 11.3. The number of hydrogen-bond acceptors (Lipinski definition) is 16. The number of nitrogens with zero attached hydrogens (tertiary/aromatic N) is 13. The highest BCUT2D eigenvalue weighted by Gasteiger charge is 2.20. The first kappa shape index (κ1) is 35.4. The van der Waals surface area contributed by atoms with Crippen molar-refractivity contribution in [2.24, 2.45) is 0 Å². The van der Waals surface area contributed by atoms with Crippen molar-refractivity contribution in [1.29, 1.82) is 0 Å². The molecule has 0 aliphatic rings. The van der Waals surface area contributed by atoms with Gasteiger partial charge in [-0.25, -0.2) is 19.3 Å². The zero-order chi connectivity index (χ0) is 36.5. The number of nitrogens with two attached hydrogens (primary N) is 2. The number of non-ortho nitro benzene ring substituents is 1. The molecule has 0 saturated heterocycles. The first-order valence-electron chi connectivity index (χ1n) is 15.3. The molecule has 6 heterocycles. The van der Waals surface area contributed by atoms with Crippen LogP contribution in [0.3, 0.4) is 0 Å². The Kier molecular flexibility index (Phi) is 9.65. The summed E-state index contributed by atoms with van der Waals surface area (Å²) in [6.07, 6.45) is 1.59. The van der Waals surface area contributed by atoms with Gasteiger partial charge in [-0.1, -0.05) is 34.7 Å². The third-order valence-corrected chi connectivity index (χ3v) is 7.88. The van der Waals surface area contributed by atoms with Crippen molar-refractivity contribution in [2.45, 2.75) is 26.9 Å². The Labute approximate surface area is 302 Å². The molecule has 0 aliphatic carbocycles. The number of benzene rings is 2. The Hall–Kier alpha value is -7.42. The fraction of sp³-hybridized carbons (Fsp3) is 0.129. The second-order valence-corrected chi connectivity index (χ2v) is 11.3. The van der Waals surface area contributed by atoms with Gasteiger partial charge in [0, 0.05) is 30.0 Å². The van der Waals surface area contributed by atoms with Crippen molar-refractivity contribution < 1.29 is 14.3 Å². The summed E-state index contributed by atoms with van der Waals surface area (Å²) in [5, 5.41) is 45.3. The van der Waals surface area contributed by atoms with E-state index in [4.69, 9.17) is 15.9 Å². The van der Waals surface area contributed by atoms with Crippen LogP contribution in [0.25, 0.3) is 45.2 Å². The van der Waals surface area contributed by atoms with Gasteiger partial charge in [0.1, 0.15) is 17.1 Å². The zero-order valence-electron chi connectivity index (χ0n) is 27.7. The SMILES string of the molecule is Cc1ccc(-c2nc(N)nc3c2nnn3Cc2cccc([N+](=O)[O-])c2C)o1.Cl.Nc1nc(-c2ccn[nH]2)c2nnn(Cc3cccc([N+](=O)[O-])c3)c2n1. The number of rotatable bonds is 8. The van der Waals surface area contributed by atoms with Gasteiger partial charge in [-0.05, 0) is 43.2 Å². The molecule has 0 aliphatic heterocycles. The van der Waals surface area contributed by atoms with Crippen LogP contribution in [0.15, 0.2) is 71.3 Å². The van der Waals surface area contributed by atoms with E-state index in [1.807, 2.05) is 13.0 Å². The van der Waals surface area contributed by atoms with Crippen LogP contribution in [0, 0.1) is 34.1 Å². The number of H-pyrrole nitrogens is 1. The smallest absolute Gasteiger partial charge is 0.272 e. The van der Waals surface area contributed by atoms with E-state index in [0.717, 1.165) is 11.3 Å². The third kappa shape index (κ3) is 7.12. The lowest BCUT2D eigenvalue weighted by atomic mass is 10.1. The molecule has 53 heavy (non-hydrogen) atoms. The minimum absolute atomic E-state index is 0. The molecule has 0 unspecified atom stereocenters. The Bertz CT molecular complexity index is 2620. The van der Waals surface area contributed by atoms with Gasteiger partial charge in [0.25, 0.3) is 11.4 Å². The van der Waals surface area contributed by atoms with Crippen molar-refractivity contribution in [3.8, 4) is 22.8 Å². The summed E-state index contributed by atoms with van der Waals surface area (Å²) in [6, 6.07) is 16.5. The molecule has 8 aromatic rings. The number of anilines is 2. The number of fused-ring (bicyclic) bond motifs is 2. The molecule has 0 radical (unpaired) electrons. The zero-order valence-corrected chi connectivity index (χ0v) is 28.5. The van der Waals surface area contributed by atoms with E-state index in [1.165, 1.54) is 22.9 Å². The number of aromatic nitrogens is 12. The van der Waals surface area contributed by atoms with E-state index >= 15 is 0 Å². The maximum atomic E-state index is 11.2. The quantitative estimate of drug-likeness (QED) is 0.145. The highest BCUT2D eigenvalue weighted by molar-refractivity contribution is 5.87. The molecular formula is C31H27ClN16O5. The molecule has 6 aromatic heterocycles. The maximum Gasteiger partial charge on any atom is 0.272 e. The van der Waals surface area contributed by atoms with Gasteiger partial charge in [0.05, 0.1) is 28.6 Å².